The number of aryl methyl sites for hydroxylation is 1. The van der Waals surface area contributed by atoms with Crippen LogP contribution in [0.5, 0.6) is 5.75 Å². The number of carbonyl (C=O) groups is 1. The number of aromatic nitrogens is 1. The van der Waals surface area contributed by atoms with E-state index in [2.05, 4.69) is 28.7 Å². The van der Waals surface area contributed by atoms with Gasteiger partial charge in [-0.15, -0.1) is 0 Å². The van der Waals surface area contributed by atoms with Crippen LogP contribution in [-0.2, 0) is 4.79 Å². The van der Waals surface area contributed by atoms with Crippen molar-refractivity contribution in [2.75, 3.05) is 6.61 Å². The first kappa shape index (κ1) is 26.2. The van der Waals surface area contributed by atoms with Crippen LogP contribution < -0.4 is 4.74 Å². The van der Waals surface area contributed by atoms with Crippen molar-refractivity contribution < 1.29 is 14.6 Å². The molecular formula is C30H19Cl2NO3S. The molecule has 0 fully saturated rings. The van der Waals surface area contributed by atoms with Crippen molar-refractivity contribution in [1.29, 1.82) is 0 Å². The molecule has 0 bridgehead atoms. The van der Waals surface area contributed by atoms with E-state index < -0.39 is 5.97 Å². The molecule has 0 unspecified atom stereocenters. The van der Waals surface area contributed by atoms with Crippen molar-refractivity contribution >= 4 is 40.9 Å². The van der Waals surface area contributed by atoms with E-state index in [9.17, 15) is 4.79 Å². The van der Waals surface area contributed by atoms with Gasteiger partial charge in [-0.1, -0.05) is 46.8 Å². The molecule has 1 aromatic heterocycles. The van der Waals surface area contributed by atoms with Crippen molar-refractivity contribution in [3.05, 3.63) is 117 Å². The molecule has 0 aliphatic heterocycles. The average Bonchev–Trinajstić information content (AvgIpc) is 2.87. The van der Waals surface area contributed by atoms with Gasteiger partial charge in [0.2, 0.25) is 0 Å². The summed E-state index contributed by atoms with van der Waals surface area (Å²) in [5.41, 5.74) is 3.65. The molecule has 3 aromatic carbocycles. The van der Waals surface area contributed by atoms with Crippen LogP contribution in [0.25, 0.3) is 0 Å². The number of rotatable bonds is 5. The lowest BCUT2D eigenvalue weighted by Gasteiger charge is -2.09. The SMILES string of the molecule is Cc1cc(Sc2cc(C#Cc3ccc(Cl)cc3)nc(C#Cc3ccc(Cl)cc3)c2)ccc1OCC(=O)O. The van der Waals surface area contributed by atoms with E-state index in [0.717, 1.165) is 26.5 Å². The molecule has 0 atom stereocenters. The van der Waals surface area contributed by atoms with Crippen LogP contribution >= 0.6 is 35.0 Å². The van der Waals surface area contributed by atoms with E-state index in [1.54, 1.807) is 30.3 Å². The standard InChI is InChI=1S/C30H19Cl2NO3S/c1-20-16-27(14-15-29(20)36-19-30(34)35)37-28-17-25(12-6-21-2-8-23(31)9-3-21)33-26(18-28)13-7-22-4-10-24(32)11-5-22/h2-5,8-11,14-18H,19H2,1H3,(H,34,35). The van der Waals surface area contributed by atoms with Crippen LogP contribution in [0.1, 0.15) is 28.1 Å². The Balaban J connectivity index is 1.64. The predicted molar refractivity (Wildman–Crippen MR) is 148 cm³/mol. The van der Waals surface area contributed by atoms with E-state index >= 15 is 0 Å². The highest BCUT2D eigenvalue weighted by Gasteiger charge is 2.07. The molecular weight excluding hydrogens is 525 g/mol. The third kappa shape index (κ3) is 8.07. The van der Waals surface area contributed by atoms with E-state index in [0.29, 0.717) is 27.2 Å². The fourth-order valence-corrected chi connectivity index (χ4v) is 4.39. The number of aliphatic carboxylic acids is 1. The molecule has 0 amide bonds. The number of hydrogen-bond acceptors (Lipinski definition) is 4. The first-order valence-electron chi connectivity index (χ1n) is 11.0. The zero-order valence-electron chi connectivity index (χ0n) is 19.6. The molecule has 0 aliphatic rings. The van der Waals surface area contributed by atoms with E-state index in [1.807, 2.05) is 55.5 Å². The van der Waals surface area contributed by atoms with Crippen LogP contribution in [0.15, 0.2) is 88.7 Å². The summed E-state index contributed by atoms with van der Waals surface area (Å²) in [6, 6.07) is 24.0. The lowest BCUT2D eigenvalue weighted by Crippen LogP contribution is -2.09. The van der Waals surface area contributed by atoms with Gasteiger partial charge in [-0.3, -0.25) is 0 Å². The smallest absolute Gasteiger partial charge is 0.341 e. The second-order valence-electron chi connectivity index (χ2n) is 7.80. The van der Waals surface area contributed by atoms with Crippen LogP contribution in [-0.4, -0.2) is 22.7 Å². The molecule has 4 rings (SSSR count). The van der Waals surface area contributed by atoms with E-state index in [1.165, 1.54) is 11.8 Å². The summed E-state index contributed by atoms with van der Waals surface area (Å²) in [5.74, 6) is 12.0. The predicted octanol–water partition coefficient (Wildman–Crippen LogP) is 7.11. The molecule has 7 heteroatoms. The van der Waals surface area contributed by atoms with Crippen molar-refractivity contribution in [1.82, 2.24) is 4.98 Å². The van der Waals surface area contributed by atoms with Gasteiger partial charge >= 0.3 is 5.97 Å². The lowest BCUT2D eigenvalue weighted by atomic mass is 10.2. The Morgan fingerprint density at radius 1 is 0.811 bits per heavy atom. The Morgan fingerprint density at radius 3 is 1.84 bits per heavy atom. The van der Waals surface area contributed by atoms with Gasteiger partial charge in [0.15, 0.2) is 6.61 Å². The molecule has 1 N–H and O–H groups in total. The number of pyridine rings is 1. The molecule has 0 radical (unpaired) electrons. The first-order valence-corrected chi connectivity index (χ1v) is 12.6. The maximum atomic E-state index is 10.8. The van der Waals surface area contributed by atoms with Crippen LogP contribution in [0.3, 0.4) is 0 Å². The Labute approximate surface area is 229 Å². The highest BCUT2D eigenvalue weighted by atomic mass is 35.5. The summed E-state index contributed by atoms with van der Waals surface area (Å²) in [7, 11) is 0. The highest BCUT2D eigenvalue weighted by molar-refractivity contribution is 7.99. The van der Waals surface area contributed by atoms with Crippen molar-refractivity contribution in [3.8, 4) is 29.4 Å². The Kier molecular flexibility index (Phi) is 8.77. The van der Waals surface area contributed by atoms with Crippen molar-refractivity contribution in [2.45, 2.75) is 16.7 Å². The maximum absolute atomic E-state index is 10.8. The van der Waals surface area contributed by atoms with E-state index in [-0.39, 0.29) is 6.61 Å². The molecule has 0 saturated carbocycles. The number of carboxylic acids is 1. The summed E-state index contributed by atoms with van der Waals surface area (Å²) in [5, 5.41) is 10.2. The third-order valence-electron chi connectivity index (χ3n) is 4.89. The van der Waals surface area contributed by atoms with Gasteiger partial charge < -0.3 is 9.84 Å². The van der Waals surface area contributed by atoms with Gasteiger partial charge in [-0.05, 0) is 103 Å². The Bertz CT molecular complexity index is 1480. The van der Waals surface area contributed by atoms with Crippen LogP contribution in [0.4, 0.5) is 0 Å². The minimum atomic E-state index is -1.02. The van der Waals surface area contributed by atoms with Gasteiger partial charge in [0, 0.05) is 31.0 Å². The zero-order valence-corrected chi connectivity index (χ0v) is 21.9. The van der Waals surface area contributed by atoms with Gasteiger partial charge in [-0.25, -0.2) is 9.78 Å². The van der Waals surface area contributed by atoms with Gasteiger partial charge in [0.1, 0.15) is 17.1 Å². The summed E-state index contributed by atoms with van der Waals surface area (Å²) in [6.07, 6.45) is 0. The van der Waals surface area contributed by atoms with Crippen molar-refractivity contribution in [3.63, 3.8) is 0 Å². The van der Waals surface area contributed by atoms with Crippen LogP contribution in [0, 0.1) is 30.6 Å². The largest absolute Gasteiger partial charge is 0.482 e. The second kappa shape index (κ2) is 12.4. The summed E-state index contributed by atoms with van der Waals surface area (Å²) in [4.78, 5) is 17.3. The summed E-state index contributed by atoms with van der Waals surface area (Å²) >= 11 is 13.5. The number of hydrogen-bond donors (Lipinski definition) is 1. The molecule has 37 heavy (non-hydrogen) atoms. The number of halogens is 2. The minimum Gasteiger partial charge on any atom is -0.482 e. The molecule has 4 aromatic rings. The molecule has 0 saturated heterocycles. The maximum Gasteiger partial charge on any atom is 0.341 e. The number of benzene rings is 3. The first-order chi connectivity index (χ1) is 17.8. The Hall–Kier alpha value is -3.87. The van der Waals surface area contributed by atoms with Gasteiger partial charge in [0.25, 0.3) is 0 Å². The Morgan fingerprint density at radius 2 is 1.35 bits per heavy atom. The normalized spacial score (nSPS) is 10.0. The molecule has 4 nitrogen and oxygen atoms in total. The highest BCUT2D eigenvalue weighted by Crippen LogP contribution is 2.32. The third-order valence-corrected chi connectivity index (χ3v) is 6.36. The molecule has 0 spiro atoms. The van der Waals surface area contributed by atoms with Gasteiger partial charge in [-0.2, -0.15) is 0 Å². The van der Waals surface area contributed by atoms with Crippen molar-refractivity contribution in [2.24, 2.45) is 0 Å². The number of carboxylic acid groups (broad SMARTS) is 1. The average molecular weight is 544 g/mol. The number of ether oxygens (including phenoxy) is 1. The van der Waals surface area contributed by atoms with E-state index in [4.69, 9.17) is 33.0 Å². The molecule has 1 heterocycles. The summed E-state index contributed by atoms with van der Waals surface area (Å²) < 4.78 is 5.33. The molecule has 182 valence electrons. The quantitative estimate of drug-likeness (QED) is 0.272. The summed E-state index contributed by atoms with van der Waals surface area (Å²) in [6.45, 7) is 1.49. The van der Waals surface area contributed by atoms with Gasteiger partial charge in [0.05, 0.1) is 0 Å². The second-order valence-corrected chi connectivity index (χ2v) is 9.82. The lowest BCUT2D eigenvalue weighted by molar-refractivity contribution is -0.139. The fraction of sp³-hybridized carbons (Fsp3) is 0.0667. The monoisotopic (exact) mass is 543 g/mol. The fourth-order valence-electron chi connectivity index (χ4n) is 3.15. The zero-order chi connectivity index (χ0) is 26.2. The number of nitrogens with zero attached hydrogens (tertiary/aromatic N) is 1. The topological polar surface area (TPSA) is 59.4 Å². The minimum absolute atomic E-state index is 0.386. The molecule has 0 aliphatic carbocycles. The van der Waals surface area contributed by atoms with Crippen LogP contribution in [0.2, 0.25) is 10.0 Å².